The lowest BCUT2D eigenvalue weighted by Crippen LogP contribution is -2.44. The molecule has 1 atom stereocenters. The molecule has 1 unspecified atom stereocenters. The van der Waals surface area contributed by atoms with Crippen molar-refractivity contribution < 1.29 is 14.4 Å². The van der Waals surface area contributed by atoms with E-state index in [2.05, 4.69) is 61.5 Å². The third-order valence-corrected chi connectivity index (χ3v) is 4.70. The smallest absolute Gasteiger partial charge is 0.255 e. The van der Waals surface area contributed by atoms with Crippen molar-refractivity contribution in [2.45, 2.75) is 53.2 Å². The van der Waals surface area contributed by atoms with Crippen LogP contribution < -0.4 is 9.30 Å². The molecule has 0 radical (unpaired) electrons. The maximum absolute atomic E-state index is 10.6. The molecule has 0 aliphatic carbocycles. The third-order valence-electron chi connectivity index (χ3n) is 4.70. The largest absolute Gasteiger partial charge is 0.490 e. The van der Waals surface area contributed by atoms with Gasteiger partial charge in [0.2, 0.25) is 0 Å². The van der Waals surface area contributed by atoms with Crippen molar-refractivity contribution in [2.75, 3.05) is 6.61 Å². The van der Waals surface area contributed by atoms with Gasteiger partial charge < -0.3 is 9.84 Å². The first-order valence-corrected chi connectivity index (χ1v) is 9.37. The van der Waals surface area contributed by atoms with Crippen LogP contribution in [-0.4, -0.2) is 22.8 Å². The molecule has 0 spiro atoms. The monoisotopic (exact) mass is 353 g/mol. The Balaban J connectivity index is 1.75. The van der Waals surface area contributed by atoms with E-state index in [4.69, 9.17) is 4.74 Å². The molecule has 3 rings (SSSR count). The summed E-state index contributed by atoms with van der Waals surface area (Å²) < 4.78 is 8.15. The number of benzene rings is 2. The van der Waals surface area contributed by atoms with E-state index < -0.39 is 6.10 Å². The number of nitrogens with zero attached hydrogens (tertiary/aromatic N) is 1. The molecular formula is C22H29N2O2+. The zero-order valence-corrected chi connectivity index (χ0v) is 16.2. The summed E-state index contributed by atoms with van der Waals surface area (Å²) in [6, 6.07) is 12.5. The molecule has 0 aliphatic rings. The summed E-state index contributed by atoms with van der Waals surface area (Å²) in [5, 5.41) is 10.6. The molecule has 0 amide bonds. The molecular weight excluding hydrogens is 324 g/mol. The van der Waals surface area contributed by atoms with E-state index in [-0.39, 0.29) is 6.61 Å². The van der Waals surface area contributed by atoms with Crippen LogP contribution in [0.25, 0.3) is 11.0 Å². The van der Waals surface area contributed by atoms with Crippen molar-refractivity contribution in [2.24, 2.45) is 0 Å². The summed E-state index contributed by atoms with van der Waals surface area (Å²) >= 11 is 0. The zero-order valence-electron chi connectivity index (χ0n) is 16.2. The lowest BCUT2D eigenvalue weighted by Gasteiger charge is -2.16. The van der Waals surface area contributed by atoms with E-state index >= 15 is 0 Å². The summed E-state index contributed by atoms with van der Waals surface area (Å²) in [5.74, 6) is 2.03. The Morgan fingerprint density at radius 3 is 2.50 bits per heavy atom. The molecule has 2 aromatic carbocycles. The fourth-order valence-corrected chi connectivity index (χ4v) is 3.66. The van der Waals surface area contributed by atoms with Crippen LogP contribution in [0.1, 0.15) is 35.9 Å². The summed E-state index contributed by atoms with van der Waals surface area (Å²) in [4.78, 5) is 3.48. The average molecular weight is 353 g/mol. The van der Waals surface area contributed by atoms with Gasteiger partial charge in [-0.1, -0.05) is 36.8 Å². The van der Waals surface area contributed by atoms with E-state index in [9.17, 15) is 5.11 Å². The Morgan fingerprint density at radius 2 is 1.81 bits per heavy atom. The molecule has 0 saturated heterocycles. The second kappa shape index (κ2) is 7.92. The van der Waals surface area contributed by atoms with Gasteiger partial charge in [-0.05, 0) is 50.5 Å². The topological polar surface area (TPSA) is 49.1 Å². The number of hydrogen-bond acceptors (Lipinski definition) is 2. The molecule has 1 heterocycles. The number of rotatable bonds is 7. The second-order valence-electron chi connectivity index (χ2n) is 7.14. The van der Waals surface area contributed by atoms with Crippen LogP contribution in [-0.2, 0) is 13.0 Å². The molecule has 1 aromatic heterocycles. The molecule has 3 aromatic rings. The Labute approximate surface area is 155 Å². The fourth-order valence-electron chi connectivity index (χ4n) is 3.66. The third kappa shape index (κ3) is 3.91. The van der Waals surface area contributed by atoms with Gasteiger partial charge in [0.25, 0.3) is 5.82 Å². The Bertz CT molecular complexity index is 875. The van der Waals surface area contributed by atoms with Gasteiger partial charge >= 0.3 is 0 Å². The quantitative estimate of drug-likeness (QED) is 0.635. The maximum atomic E-state index is 10.6. The molecule has 2 N–H and O–H groups in total. The van der Waals surface area contributed by atoms with Crippen LogP contribution in [0.3, 0.4) is 0 Å². The number of imidazole rings is 1. The number of nitrogens with one attached hydrogen (secondary N) is 1. The van der Waals surface area contributed by atoms with Gasteiger partial charge in [-0.25, -0.2) is 9.55 Å². The highest BCUT2D eigenvalue weighted by molar-refractivity contribution is 5.71. The normalized spacial score (nSPS) is 12.5. The molecule has 0 aliphatic heterocycles. The van der Waals surface area contributed by atoms with Gasteiger partial charge in [-0.2, -0.15) is 0 Å². The highest BCUT2D eigenvalue weighted by Gasteiger charge is 2.21. The summed E-state index contributed by atoms with van der Waals surface area (Å²) in [7, 11) is 0. The number of aromatic amines is 1. The van der Waals surface area contributed by atoms with Crippen LogP contribution in [0.4, 0.5) is 0 Å². The van der Waals surface area contributed by atoms with Gasteiger partial charge in [0, 0.05) is 6.42 Å². The van der Waals surface area contributed by atoms with Crippen LogP contribution in [0.15, 0.2) is 36.4 Å². The summed E-state index contributed by atoms with van der Waals surface area (Å²) in [6.07, 6.45) is 1.44. The van der Waals surface area contributed by atoms with Crippen molar-refractivity contribution >= 4 is 11.0 Å². The van der Waals surface area contributed by atoms with Gasteiger partial charge in [0.05, 0.1) is 0 Å². The lowest BCUT2D eigenvalue weighted by molar-refractivity contribution is -0.686. The van der Waals surface area contributed by atoms with E-state index in [1.165, 1.54) is 5.56 Å². The number of ether oxygens (including phenoxy) is 1. The second-order valence-corrected chi connectivity index (χ2v) is 7.14. The van der Waals surface area contributed by atoms with Crippen LogP contribution >= 0.6 is 0 Å². The predicted octanol–water partition coefficient (Wildman–Crippen LogP) is 3.77. The predicted molar refractivity (Wildman–Crippen MR) is 105 cm³/mol. The van der Waals surface area contributed by atoms with Gasteiger partial charge in [0.1, 0.15) is 25.0 Å². The van der Waals surface area contributed by atoms with Gasteiger partial charge in [-0.15, -0.1) is 0 Å². The first kappa shape index (κ1) is 18.5. The minimum atomic E-state index is -0.574. The minimum Gasteiger partial charge on any atom is -0.490 e. The molecule has 138 valence electrons. The van der Waals surface area contributed by atoms with E-state index in [1.807, 2.05) is 12.1 Å². The van der Waals surface area contributed by atoms with Gasteiger partial charge in [0.15, 0.2) is 11.0 Å². The first-order chi connectivity index (χ1) is 12.5. The standard InChI is InChI=1S/C22H28N2O2/c1-5-8-21-23-19-9-6-7-10-20(19)24(21)13-18(25)14-26-22-16(3)11-15(2)12-17(22)4/h6-7,9-12,18,25H,5,8,13-14H2,1-4H3/p+1. The summed E-state index contributed by atoms with van der Waals surface area (Å²) in [6.45, 7) is 9.15. The minimum absolute atomic E-state index is 0.281. The molecule has 26 heavy (non-hydrogen) atoms. The number of aromatic nitrogens is 2. The number of H-pyrrole nitrogens is 1. The van der Waals surface area contributed by atoms with Crippen LogP contribution in [0, 0.1) is 20.8 Å². The highest BCUT2D eigenvalue weighted by Crippen LogP contribution is 2.24. The van der Waals surface area contributed by atoms with E-state index in [1.54, 1.807) is 0 Å². The Kier molecular flexibility index (Phi) is 5.62. The maximum Gasteiger partial charge on any atom is 0.255 e. The summed E-state index contributed by atoms with van der Waals surface area (Å²) in [5.41, 5.74) is 5.68. The average Bonchev–Trinajstić information content (AvgIpc) is 2.92. The van der Waals surface area contributed by atoms with Crippen molar-refractivity contribution in [1.82, 2.24) is 4.98 Å². The molecule has 0 fully saturated rings. The van der Waals surface area contributed by atoms with Crippen molar-refractivity contribution in [3.63, 3.8) is 0 Å². The van der Waals surface area contributed by atoms with Crippen LogP contribution in [0.5, 0.6) is 5.75 Å². The molecule has 0 bridgehead atoms. The highest BCUT2D eigenvalue weighted by atomic mass is 16.5. The van der Waals surface area contributed by atoms with Crippen molar-refractivity contribution in [1.29, 1.82) is 0 Å². The number of aliphatic hydroxyl groups excluding tert-OH is 1. The molecule has 0 saturated carbocycles. The van der Waals surface area contributed by atoms with Crippen LogP contribution in [0.2, 0.25) is 0 Å². The lowest BCUT2D eigenvalue weighted by atomic mass is 10.1. The number of hydrogen-bond donors (Lipinski definition) is 2. The zero-order chi connectivity index (χ0) is 18.7. The SMILES string of the molecule is CCCc1[nH]c2ccccc2[n+]1CC(O)COc1c(C)cc(C)cc1C. The van der Waals surface area contributed by atoms with Crippen molar-refractivity contribution in [3.05, 3.63) is 58.9 Å². The van der Waals surface area contributed by atoms with E-state index in [0.29, 0.717) is 6.54 Å². The Morgan fingerprint density at radius 1 is 1.12 bits per heavy atom. The first-order valence-electron chi connectivity index (χ1n) is 9.37. The Hall–Kier alpha value is -2.33. The number of aryl methyl sites for hydroxylation is 4. The molecule has 4 nitrogen and oxygen atoms in total. The fraction of sp³-hybridized carbons (Fsp3) is 0.409. The van der Waals surface area contributed by atoms with Crippen molar-refractivity contribution in [3.8, 4) is 5.75 Å². The number of aliphatic hydroxyl groups is 1. The van der Waals surface area contributed by atoms with E-state index in [0.717, 1.165) is 46.6 Å². The van der Waals surface area contributed by atoms with Gasteiger partial charge in [-0.3, -0.25) is 0 Å². The number of para-hydroxylation sites is 2. The molecule has 4 heteroatoms. The number of fused-ring (bicyclic) bond motifs is 1.